The number of methoxy groups -OCH3 is 1. The number of ether oxygens (including phenoxy) is 1. The van der Waals surface area contributed by atoms with Gasteiger partial charge in [0.1, 0.15) is 16.8 Å². The zero-order valence-electron chi connectivity index (χ0n) is 15.7. The van der Waals surface area contributed by atoms with Crippen LogP contribution in [0, 0.1) is 17.2 Å². The fraction of sp³-hybridized carbons (Fsp3) is 0.381. The van der Waals surface area contributed by atoms with Crippen molar-refractivity contribution in [2.24, 2.45) is 5.92 Å². The minimum Gasteiger partial charge on any atom is -0.497 e. The third kappa shape index (κ3) is 3.36. The van der Waals surface area contributed by atoms with Gasteiger partial charge in [0.25, 0.3) is 0 Å². The first kappa shape index (κ1) is 18.5. The summed E-state index contributed by atoms with van der Waals surface area (Å²) in [6, 6.07) is 9.49. The molecule has 0 saturated carbocycles. The summed E-state index contributed by atoms with van der Waals surface area (Å²) in [5.41, 5.74) is 2.45. The number of thiophene rings is 1. The maximum absolute atomic E-state index is 12.8. The Hall–Kier alpha value is -2.85. The van der Waals surface area contributed by atoms with Crippen LogP contribution < -0.4 is 15.0 Å². The van der Waals surface area contributed by atoms with Crippen LogP contribution in [0.15, 0.2) is 24.3 Å². The van der Waals surface area contributed by atoms with Gasteiger partial charge in [-0.3, -0.25) is 9.59 Å². The molecule has 2 aromatic rings. The Morgan fingerprint density at radius 3 is 2.75 bits per heavy atom. The summed E-state index contributed by atoms with van der Waals surface area (Å²) in [6.07, 6.45) is 4.25. The van der Waals surface area contributed by atoms with Crippen molar-refractivity contribution < 1.29 is 14.3 Å². The molecule has 0 radical (unpaired) electrons. The third-order valence-electron chi connectivity index (χ3n) is 5.40. The standard InChI is InChI=1S/C21H21N3O3S/c1-27-15-8-6-14(7-9-15)24-12-13(10-19(24)25)20(26)23-21-17(11-22)16-4-2-3-5-18(16)28-21/h6-9,13H,2-5,10,12H2,1H3,(H,23,26)/t13-/m0/s1. The van der Waals surface area contributed by atoms with E-state index in [0.717, 1.165) is 42.7 Å². The fourth-order valence-electron chi connectivity index (χ4n) is 3.88. The Bertz CT molecular complexity index is 959. The zero-order chi connectivity index (χ0) is 19.7. The van der Waals surface area contributed by atoms with Gasteiger partial charge >= 0.3 is 0 Å². The Kier molecular flexibility index (Phi) is 5.05. The van der Waals surface area contributed by atoms with E-state index < -0.39 is 5.92 Å². The molecule has 144 valence electrons. The molecule has 6 nitrogen and oxygen atoms in total. The Morgan fingerprint density at radius 2 is 2.04 bits per heavy atom. The maximum atomic E-state index is 12.8. The number of nitrogens with one attached hydrogen (secondary N) is 1. The third-order valence-corrected chi connectivity index (χ3v) is 6.61. The van der Waals surface area contributed by atoms with Crippen molar-refractivity contribution in [1.82, 2.24) is 0 Å². The summed E-state index contributed by atoms with van der Waals surface area (Å²) in [5.74, 6) is 0.0198. The largest absolute Gasteiger partial charge is 0.497 e. The van der Waals surface area contributed by atoms with Crippen LogP contribution in [0.5, 0.6) is 5.75 Å². The molecule has 1 aromatic heterocycles. The highest BCUT2D eigenvalue weighted by Crippen LogP contribution is 2.38. The summed E-state index contributed by atoms with van der Waals surface area (Å²) < 4.78 is 5.15. The van der Waals surface area contributed by atoms with E-state index in [1.54, 1.807) is 24.1 Å². The number of carbonyl (C=O) groups excluding carboxylic acids is 2. The van der Waals surface area contributed by atoms with Crippen molar-refractivity contribution in [1.29, 1.82) is 5.26 Å². The first-order chi connectivity index (χ1) is 13.6. The first-order valence-corrected chi connectivity index (χ1v) is 10.2. The van der Waals surface area contributed by atoms with Gasteiger partial charge in [0.05, 0.1) is 18.6 Å². The van der Waals surface area contributed by atoms with E-state index in [0.29, 0.717) is 17.1 Å². The molecular formula is C21H21N3O3S. The number of anilines is 2. The van der Waals surface area contributed by atoms with Crippen molar-refractivity contribution in [3.05, 3.63) is 40.3 Å². The number of nitriles is 1. The van der Waals surface area contributed by atoms with Crippen LogP contribution in [-0.2, 0) is 22.4 Å². The number of carbonyl (C=O) groups is 2. The van der Waals surface area contributed by atoms with Crippen LogP contribution >= 0.6 is 11.3 Å². The molecule has 1 N–H and O–H groups in total. The predicted molar refractivity (Wildman–Crippen MR) is 108 cm³/mol. The van der Waals surface area contributed by atoms with Crippen molar-refractivity contribution in [3.8, 4) is 11.8 Å². The monoisotopic (exact) mass is 395 g/mol. The molecule has 0 unspecified atom stereocenters. The molecule has 7 heteroatoms. The van der Waals surface area contributed by atoms with Gasteiger partial charge in [-0.25, -0.2) is 0 Å². The number of fused-ring (bicyclic) bond motifs is 1. The number of aryl methyl sites for hydroxylation is 1. The second kappa shape index (κ2) is 7.64. The van der Waals surface area contributed by atoms with Crippen LogP contribution in [-0.4, -0.2) is 25.5 Å². The van der Waals surface area contributed by atoms with E-state index in [-0.39, 0.29) is 18.2 Å². The maximum Gasteiger partial charge on any atom is 0.230 e. The number of hydrogen-bond acceptors (Lipinski definition) is 5. The molecule has 2 heterocycles. The van der Waals surface area contributed by atoms with Crippen LogP contribution in [0.3, 0.4) is 0 Å². The highest BCUT2D eigenvalue weighted by molar-refractivity contribution is 7.16. The minimum absolute atomic E-state index is 0.0729. The molecule has 0 bridgehead atoms. The van der Waals surface area contributed by atoms with Gasteiger partial charge < -0.3 is 15.0 Å². The Labute approximate surface area is 167 Å². The van der Waals surface area contributed by atoms with Gasteiger partial charge in [0, 0.05) is 23.5 Å². The highest BCUT2D eigenvalue weighted by Gasteiger charge is 2.36. The van der Waals surface area contributed by atoms with Crippen LogP contribution in [0.4, 0.5) is 10.7 Å². The molecule has 1 aromatic carbocycles. The first-order valence-electron chi connectivity index (χ1n) is 9.40. The van der Waals surface area contributed by atoms with Gasteiger partial charge in [-0.1, -0.05) is 0 Å². The summed E-state index contributed by atoms with van der Waals surface area (Å²) in [4.78, 5) is 28.1. The average Bonchev–Trinajstić information content (AvgIpc) is 3.28. The Balaban J connectivity index is 1.48. The SMILES string of the molecule is COc1ccc(N2C[C@@H](C(=O)Nc3sc4c(c3C#N)CCCC4)CC2=O)cc1. The van der Waals surface area contributed by atoms with Crippen LogP contribution in [0.25, 0.3) is 0 Å². The van der Waals surface area contributed by atoms with Crippen molar-refractivity contribution >= 4 is 33.8 Å². The van der Waals surface area contributed by atoms with E-state index >= 15 is 0 Å². The van der Waals surface area contributed by atoms with E-state index in [1.807, 2.05) is 12.1 Å². The lowest BCUT2D eigenvalue weighted by atomic mass is 9.96. The number of amides is 2. The molecule has 2 aliphatic rings. The van der Waals surface area contributed by atoms with E-state index in [9.17, 15) is 14.9 Å². The molecule has 1 aliphatic heterocycles. The normalized spacial score (nSPS) is 18.5. The molecule has 4 rings (SSSR count). The smallest absolute Gasteiger partial charge is 0.230 e. The molecule has 1 fully saturated rings. The van der Waals surface area contributed by atoms with Gasteiger partial charge in [-0.05, 0) is 55.5 Å². The van der Waals surface area contributed by atoms with Crippen LogP contribution in [0.1, 0.15) is 35.3 Å². The zero-order valence-corrected chi connectivity index (χ0v) is 16.5. The number of rotatable bonds is 4. The van der Waals surface area contributed by atoms with Gasteiger partial charge in [0.2, 0.25) is 11.8 Å². The lowest BCUT2D eigenvalue weighted by Crippen LogP contribution is -2.28. The second-order valence-corrected chi connectivity index (χ2v) is 8.22. The topological polar surface area (TPSA) is 82.4 Å². The molecule has 0 spiro atoms. The molecule has 1 saturated heterocycles. The molecule has 1 aliphatic carbocycles. The summed E-state index contributed by atoms with van der Waals surface area (Å²) in [6.45, 7) is 0.337. The van der Waals surface area contributed by atoms with Crippen molar-refractivity contribution in [3.63, 3.8) is 0 Å². The lowest BCUT2D eigenvalue weighted by molar-refractivity contribution is -0.122. The van der Waals surface area contributed by atoms with E-state index in [1.165, 1.54) is 16.2 Å². The number of nitrogens with zero attached hydrogens (tertiary/aromatic N) is 2. The van der Waals surface area contributed by atoms with E-state index in [2.05, 4.69) is 11.4 Å². The molecular weight excluding hydrogens is 374 g/mol. The van der Waals surface area contributed by atoms with Gasteiger partial charge in [-0.15, -0.1) is 11.3 Å². The lowest BCUT2D eigenvalue weighted by Gasteiger charge is -2.17. The quantitative estimate of drug-likeness (QED) is 0.859. The second-order valence-electron chi connectivity index (χ2n) is 7.12. The highest BCUT2D eigenvalue weighted by atomic mass is 32.1. The van der Waals surface area contributed by atoms with Crippen molar-refractivity contribution in [2.75, 3.05) is 23.9 Å². The summed E-state index contributed by atoms with van der Waals surface area (Å²) in [5, 5.41) is 13.1. The van der Waals surface area contributed by atoms with Gasteiger partial charge in [0.15, 0.2) is 0 Å². The Morgan fingerprint density at radius 1 is 1.29 bits per heavy atom. The summed E-state index contributed by atoms with van der Waals surface area (Å²) >= 11 is 1.51. The average molecular weight is 395 g/mol. The molecule has 1 atom stereocenters. The number of hydrogen-bond donors (Lipinski definition) is 1. The molecule has 28 heavy (non-hydrogen) atoms. The minimum atomic E-state index is -0.430. The van der Waals surface area contributed by atoms with Crippen molar-refractivity contribution in [2.45, 2.75) is 32.1 Å². The summed E-state index contributed by atoms with van der Waals surface area (Å²) in [7, 11) is 1.59. The van der Waals surface area contributed by atoms with Crippen LogP contribution in [0.2, 0.25) is 0 Å². The molecule has 2 amide bonds. The predicted octanol–water partition coefficient (Wildman–Crippen LogP) is 3.50. The number of benzene rings is 1. The van der Waals surface area contributed by atoms with Gasteiger partial charge in [-0.2, -0.15) is 5.26 Å². The van der Waals surface area contributed by atoms with E-state index in [4.69, 9.17) is 4.74 Å². The fourth-order valence-corrected chi connectivity index (χ4v) is 5.12.